The standard InChI is InChI=1S/C34H39F6N7O2.C32H35F6N7O2.C5H10O/c1-4-46(19-23-12-10-22(11-13-23)16-30(48)49-5-2)31-26(17-25-8-6-7-9-29(25)41-31)21-47(32-42-44-45(3)43-32)20-24-14-27(33(35,36)37)18-28(15-24)34(38,39)40;1-3-44(17-21-10-8-20(9-11-21)14-28(46)47)29-24(15-23-6-4-5-7-27(23)39-29)19-45(30-40-42-43(2)41-30)18-22-12-25(31(33,34)35)16-26(13-22)32(36,37)38;1-5-3-2-4-6-5/h6-9,14-15,17-18,22-23H,4-5,10-13,16,19-21H2,1-3H3;4-7,12-13,15-16,20-21H,3,8-11,14,17-19H2,1-2H3,(H,46,47);5H,2-4H2,1H3. The lowest BCUT2D eigenvalue weighted by Crippen LogP contribution is -2.34. The number of rotatable bonds is 23. The number of carboxylic acid groups (broad SMARTS) is 1. The molecule has 3 fully saturated rings. The van der Waals surface area contributed by atoms with Gasteiger partial charge < -0.3 is 34.2 Å². The molecule has 3 aliphatic rings. The maximum Gasteiger partial charge on any atom is 0.416 e. The van der Waals surface area contributed by atoms with Crippen molar-refractivity contribution < 1.29 is 76.9 Å². The van der Waals surface area contributed by atoms with Crippen molar-refractivity contribution in [2.24, 2.45) is 37.8 Å². The topological polar surface area (TPSA) is 199 Å². The average Bonchev–Trinajstić information content (AvgIpc) is 1.06. The lowest BCUT2D eigenvalue weighted by atomic mass is 9.80. The number of esters is 1. The Morgan fingerprint density at radius 3 is 1.22 bits per heavy atom. The van der Waals surface area contributed by atoms with Gasteiger partial charge in [-0.1, -0.05) is 46.6 Å². The van der Waals surface area contributed by atoms with Crippen LogP contribution in [-0.2, 0) is 84.0 Å². The van der Waals surface area contributed by atoms with E-state index in [0.717, 1.165) is 96.7 Å². The lowest BCUT2D eigenvalue weighted by molar-refractivity contribution is -0.145. The van der Waals surface area contributed by atoms with Crippen LogP contribution in [0.1, 0.15) is 149 Å². The van der Waals surface area contributed by atoms with E-state index in [1.54, 1.807) is 6.92 Å². The second-order valence-corrected chi connectivity index (χ2v) is 26.3. The Hall–Kier alpha value is -8.90. The molecule has 0 amide bonds. The molecule has 0 bridgehead atoms. The Morgan fingerprint density at radius 1 is 0.520 bits per heavy atom. The molecule has 2 saturated carbocycles. The largest absolute Gasteiger partial charge is 0.481 e. The second-order valence-electron chi connectivity index (χ2n) is 26.3. The molecule has 4 aromatic heterocycles. The summed E-state index contributed by atoms with van der Waals surface area (Å²) >= 11 is 0. The van der Waals surface area contributed by atoms with Crippen LogP contribution in [0.15, 0.2) is 97.1 Å². The third kappa shape index (κ3) is 21.6. The highest BCUT2D eigenvalue weighted by atomic mass is 19.4. The number of tetrazole rings is 2. The van der Waals surface area contributed by atoms with Gasteiger partial charge >= 0.3 is 36.6 Å². The summed E-state index contributed by atoms with van der Waals surface area (Å²) in [5.74, 6) is 1.44. The summed E-state index contributed by atoms with van der Waals surface area (Å²) in [4.78, 5) is 42.8. The normalized spacial score (nSPS) is 18.1. The van der Waals surface area contributed by atoms with Crippen LogP contribution < -0.4 is 19.6 Å². The van der Waals surface area contributed by atoms with Crippen molar-refractivity contribution in [2.45, 2.75) is 162 Å². The number of aliphatic carboxylic acids is 1. The number of hydrogen-bond acceptors (Lipinski definition) is 16. The first-order chi connectivity index (χ1) is 48.3. The quantitative estimate of drug-likeness (QED) is 0.0468. The van der Waals surface area contributed by atoms with Crippen molar-refractivity contribution in [3.8, 4) is 0 Å². The predicted molar refractivity (Wildman–Crippen MR) is 359 cm³/mol. The molecule has 1 aliphatic heterocycles. The number of ether oxygens (including phenoxy) is 2. The van der Waals surface area contributed by atoms with Crippen molar-refractivity contribution in [3.63, 3.8) is 0 Å². The van der Waals surface area contributed by atoms with Gasteiger partial charge in [0.05, 0.1) is 60.1 Å². The fourth-order valence-corrected chi connectivity index (χ4v) is 13.4. The van der Waals surface area contributed by atoms with E-state index in [1.807, 2.05) is 74.5 Å². The fourth-order valence-electron chi connectivity index (χ4n) is 13.4. The molecule has 1 N–H and O–H groups in total. The minimum atomic E-state index is -4.99. The summed E-state index contributed by atoms with van der Waals surface area (Å²) in [7, 11) is 3.03. The van der Waals surface area contributed by atoms with Crippen LogP contribution in [0.25, 0.3) is 21.8 Å². The van der Waals surface area contributed by atoms with Crippen molar-refractivity contribution in [1.82, 2.24) is 50.4 Å². The highest BCUT2D eigenvalue weighted by Crippen LogP contribution is 2.41. The molecule has 1 unspecified atom stereocenters. The zero-order chi connectivity index (χ0) is 73.7. The number of alkyl halides is 12. The molecular formula is C71H84F12N14O5. The Morgan fingerprint density at radius 2 is 0.902 bits per heavy atom. The van der Waals surface area contributed by atoms with Crippen LogP contribution in [0.3, 0.4) is 0 Å². The van der Waals surface area contributed by atoms with Gasteiger partial charge in [-0.05, 0) is 198 Å². The number of carbonyl (C=O) groups excluding carboxylic acids is 1. The number of nitrogens with zero attached hydrogens (tertiary/aromatic N) is 14. The Bertz CT molecular complexity index is 4000. The SMILES string of the molecule is CC1CCCO1.CCN(CC1CCC(CC(=O)O)CC1)c1nc2ccccc2cc1CN(Cc1cc(C(F)(F)F)cc(C(F)(F)F)c1)c1nnn(C)n1.CCOC(=O)CC1CCC(CN(CC)c2nc3ccccc3cc2CN(Cc2cc(C(F)(F)F)cc(C(F)(F)F)c2)c2nnn(C)n2)CC1. The molecule has 31 heteroatoms. The first-order valence-corrected chi connectivity index (χ1v) is 34.1. The molecule has 8 aromatic rings. The van der Waals surface area contributed by atoms with E-state index in [0.29, 0.717) is 92.0 Å². The molecule has 19 nitrogen and oxygen atoms in total. The summed E-state index contributed by atoms with van der Waals surface area (Å²) in [6, 6.07) is 21.9. The molecule has 1 saturated heterocycles. The van der Waals surface area contributed by atoms with E-state index in [-0.39, 0.29) is 85.6 Å². The van der Waals surface area contributed by atoms with Gasteiger partial charge in [-0.2, -0.15) is 62.3 Å². The van der Waals surface area contributed by atoms with Gasteiger partial charge in [-0.25, -0.2) is 9.97 Å². The Balaban J connectivity index is 0.000000219. The van der Waals surface area contributed by atoms with Gasteiger partial charge in [0, 0.05) is 93.7 Å². The number of benzene rings is 4. The predicted octanol–water partition coefficient (Wildman–Crippen LogP) is 15.9. The van der Waals surface area contributed by atoms with E-state index in [9.17, 15) is 67.4 Å². The number of aryl methyl sites for hydroxylation is 2. The molecule has 102 heavy (non-hydrogen) atoms. The van der Waals surface area contributed by atoms with Crippen LogP contribution in [0.2, 0.25) is 0 Å². The highest BCUT2D eigenvalue weighted by molar-refractivity contribution is 5.83. The smallest absolute Gasteiger partial charge is 0.416 e. The summed E-state index contributed by atoms with van der Waals surface area (Å²) in [5, 5.41) is 35.1. The van der Waals surface area contributed by atoms with Crippen LogP contribution in [0.4, 0.5) is 76.2 Å². The van der Waals surface area contributed by atoms with Crippen LogP contribution >= 0.6 is 0 Å². The number of carbonyl (C=O) groups is 2. The molecule has 0 spiro atoms. The zero-order valence-corrected chi connectivity index (χ0v) is 57.6. The number of hydrogen-bond donors (Lipinski definition) is 1. The number of para-hydroxylation sites is 2. The molecule has 2 aliphatic carbocycles. The van der Waals surface area contributed by atoms with Crippen molar-refractivity contribution in [2.75, 3.05) is 59.0 Å². The molecule has 1 atom stereocenters. The molecule has 552 valence electrons. The molecule has 11 rings (SSSR count). The zero-order valence-electron chi connectivity index (χ0n) is 57.6. The van der Waals surface area contributed by atoms with E-state index in [2.05, 4.69) is 47.5 Å². The van der Waals surface area contributed by atoms with Gasteiger partial charge in [0.2, 0.25) is 0 Å². The summed E-state index contributed by atoms with van der Waals surface area (Å²) in [6.45, 7) is 11.1. The average molecular weight is 1440 g/mol. The number of carboxylic acids is 1. The molecule has 0 radical (unpaired) electrons. The minimum Gasteiger partial charge on any atom is -0.481 e. The monoisotopic (exact) mass is 1440 g/mol. The third-order valence-corrected chi connectivity index (χ3v) is 18.5. The first-order valence-electron chi connectivity index (χ1n) is 34.1. The van der Waals surface area contributed by atoms with Crippen LogP contribution in [0, 0.1) is 23.7 Å². The first kappa shape index (κ1) is 77.3. The molecular weight excluding hydrogens is 1360 g/mol. The van der Waals surface area contributed by atoms with E-state index >= 15 is 0 Å². The van der Waals surface area contributed by atoms with Gasteiger partial charge in [-0.3, -0.25) is 9.59 Å². The van der Waals surface area contributed by atoms with Crippen molar-refractivity contribution >= 4 is 57.3 Å². The molecule has 4 aromatic carbocycles. The van der Waals surface area contributed by atoms with E-state index < -0.39 is 52.9 Å². The minimum absolute atomic E-state index is 0.0122. The van der Waals surface area contributed by atoms with Gasteiger partial charge in [0.1, 0.15) is 11.6 Å². The van der Waals surface area contributed by atoms with Gasteiger partial charge in [0.25, 0.3) is 11.9 Å². The van der Waals surface area contributed by atoms with Gasteiger partial charge in [-0.15, -0.1) is 10.2 Å². The fraction of sp³-hybridized carbons (Fsp3) is 0.521. The number of fused-ring (bicyclic) bond motifs is 2. The number of pyridine rings is 2. The third-order valence-electron chi connectivity index (χ3n) is 18.5. The summed E-state index contributed by atoms with van der Waals surface area (Å²) in [6.07, 6.45) is -9.28. The van der Waals surface area contributed by atoms with Crippen molar-refractivity contribution in [1.29, 1.82) is 0 Å². The lowest BCUT2D eigenvalue weighted by Gasteiger charge is -2.34. The second kappa shape index (κ2) is 33.9. The van der Waals surface area contributed by atoms with Crippen molar-refractivity contribution in [3.05, 3.63) is 142 Å². The number of aromatic nitrogens is 10. The van der Waals surface area contributed by atoms with Crippen LogP contribution in [-0.4, -0.2) is 113 Å². The van der Waals surface area contributed by atoms with Crippen LogP contribution in [0.5, 0.6) is 0 Å². The number of anilines is 4. The summed E-state index contributed by atoms with van der Waals surface area (Å²) < 4.78 is 175. The van der Waals surface area contributed by atoms with E-state index in [4.69, 9.17) is 19.4 Å². The van der Waals surface area contributed by atoms with E-state index in [1.165, 1.54) is 41.5 Å². The Kier molecular flexibility index (Phi) is 25.7. The summed E-state index contributed by atoms with van der Waals surface area (Å²) in [5.41, 5.74) is -3.18. The maximum atomic E-state index is 13.7. The molecule has 5 heterocycles. The highest BCUT2D eigenvalue weighted by Gasteiger charge is 2.40. The number of halogens is 12. The Labute approximate surface area is 582 Å². The maximum absolute atomic E-state index is 13.7. The van der Waals surface area contributed by atoms with Gasteiger partial charge in [0.15, 0.2) is 0 Å².